The standard InChI is InChI=1S/C9H16N2O3/c1-3-11-5-4-10-7(9(11)13)6-8(12)14-2/h7,10H,3-6H2,1-2H3/t7-/m0/s1. The van der Waals surface area contributed by atoms with Gasteiger partial charge in [0.15, 0.2) is 0 Å². The lowest BCUT2D eigenvalue weighted by Crippen LogP contribution is -2.55. The summed E-state index contributed by atoms with van der Waals surface area (Å²) in [6.45, 7) is 4.07. The highest BCUT2D eigenvalue weighted by atomic mass is 16.5. The Morgan fingerprint density at radius 3 is 3.00 bits per heavy atom. The van der Waals surface area contributed by atoms with E-state index in [1.54, 1.807) is 4.90 Å². The lowest BCUT2D eigenvalue weighted by atomic mass is 10.1. The zero-order chi connectivity index (χ0) is 10.6. The maximum Gasteiger partial charge on any atom is 0.307 e. The number of methoxy groups -OCH3 is 1. The quantitative estimate of drug-likeness (QED) is 0.616. The van der Waals surface area contributed by atoms with Crippen LogP contribution in [0, 0.1) is 0 Å². The number of piperazine rings is 1. The smallest absolute Gasteiger partial charge is 0.307 e. The fraction of sp³-hybridized carbons (Fsp3) is 0.778. The molecule has 1 amide bonds. The third-order valence-corrected chi connectivity index (χ3v) is 2.36. The molecule has 5 nitrogen and oxygen atoms in total. The Balaban J connectivity index is 2.52. The maximum absolute atomic E-state index is 11.7. The largest absolute Gasteiger partial charge is 0.469 e. The minimum Gasteiger partial charge on any atom is -0.469 e. The van der Waals surface area contributed by atoms with Gasteiger partial charge >= 0.3 is 5.97 Å². The number of nitrogens with zero attached hydrogens (tertiary/aromatic N) is 1. The summed E-state index contributed by atoms with van der Waals surface area (Å²) in [7, 11) is 1.33. The first-order valence-electron chi connectivity index (χ1n) is 4.78. The molecule has 0 aromatic rings. The molecule has 0 radical (unpaired) electrons. The molecule has 80 valence electrons. The summed E-state index contributed by atoms with van der Waals surface area (Å²) in [5.74, 6) is -0.363. The minimum absolute atomic E-state index is 0.0100. The summed E-state index contributed by atoms with van der Waals surface area (Å²) in [6.07, 6.45) is 0.117. The van der Waals surface area contributed by atoms with Crippen LogP contribution < -0.4 is 5.32 Å². The Morgan fingerprint density at radius 1 is 1.71 bits per heavy atom. The Labute approximate surface area is 83.4 Å². The van der Waals surface area contributed by atoms with Gasteiger partial charge in [0.1, 0.15) is 0 Å². The van der Waals surface area contributed by atoms with E-state index in [2.05, 4.69) is 10.1 Å². The second-order valence-electron chi connectivity index (χ2n) is 3.20. The van der Waals surface area contributed by atoms with Crippen LogP contribution in [0.25, 0.3) is 0 Å². The van der Waals surface area contributed by atoms with Gasteiger partial charge in [0, 0.05) is 19.6 Å². The monoisotopic (exact) mass is 200 g/mol. The zero-order valence-corrected chi connectivity index (χ0v) is 8.58. The van der Waals surface area contributed by atoms with Gasteiger partial charge in [-0.25, -0.2) is 0 Å². The molecule has 0 spiro atoms. The molecular formula is C9H16N2O3. The number of esters is 1. The fourth-order valence-electron chi connectivity index (χ4n) is 1.52. The van der Waals surface area contributed by atoms with Crippen molar-refractivity contribution in [3.63, 3.8) is 0 Å². The Kier molecular flexibility index (Phi) is 3.88. The molecule has 0 bridgehead atoms. The van der Waals surface area contributed by atoms with Crippen molar-refractivity contribution in [2.75, 3.05) is 26.7 Å². The molecule has 1 atom stereocenters. The molecule has 1 rings (SSSR count). The molecule has 1 fully saturated rings. The van der Waals surface area contributed by atoms with E-state index in [-0.39, 0.29) is 18.3 Å². The van der Waals surface area contributed by atoms with Crippen LogP contribution in [-0.2, 0) is 14.3 Å². The van der Waals surface area contributed by atoms with Gasteiger partial charge in [0.05, 0.1) is 19.6 Å². The van der Waals surface area contributed by atoms with E-state index in [4.69, 9.17) is 0 Å². The van der Waals surface area contributed by atoms with Crippen LogP contribution in [0.3, 0.4) is 0 Å². The summed E-state index contributed by atoms with van der Waals surface area (Å²) >= 11 is 0. The van der Waals surface area contributed by atoms with Gasteiger partial charge in [-0.1, -0.05) is 0 Å². The summed E-state index contributed by atoms with van der Waals surface area (Å²) in [6, 6.07) is -0.406. The van der Waals surface area contributed by atoms with Crippen LogP contribution in [0.4, 0.5) is 0 Å². The lowest BCUT2D eigenvalue weighted by molar-refractivity contribution is -0.146. The molecule has 0 aromatic carbocycles. The number of nitrogens with one attached hydrogen (secondary N) is 1. The zero-order valence-electron chi connectivity index (χ0n) is 8.58. The summed E-state index contributed by atoms with van der Waals surface area (Å²) in [4.78, 5) is 24.4. The minimum atomic E-state index is -0.406. The van der Waals surface area contributed by atoms with E-state index in [1.807, 2.05) is 6.92 Å². The normalized spacial score (nSPS) is 22.3. The number of ether oxygens (including phenoxy) is 1. The maximum atomic E-state index is 11.7. The summed E-state index contributed by atoms with van der Waals surface area (Å²) in [5, 5.41) is 3.01. The van der Waals surface area contributed by atoms with Crippen molar-refractivity contribution in [3.05, 3.63) is 0 Å². The number of hydrogen-bond acceptors (Lipinski definition) is 4. The number of likely N-dealkylation sites (N-methyl/N-ethyl adjacent to an activating group) is 1. The van der Waals surface area contributed by atoms with Crippen molar-refractivity contribution < 1.29 is 14.3 Å². The molecule has 1 aliphatic rings. The summed E-state index contributed by atoms with van der Waals surface area (Å²) < 4.78 is 4.52. The molecule has 0 unspecified atom stereocenters. The van der Waals surface area contributed by atoms with E-state index >= 15 is 0 Å². The van der Waals surface area contributed by atoms with Crippen LogP contribution in [-0.4, -0.2) is 49.6 Å². The van der Waals surface area contributed by atoms with Gasteiger partial charge in [0.25, 0.3) is 0 Å². The van der Waals surface area contributed by atoms with E-state index in [1.165, 1.54) is 7.11 Å². The third kappa shape index (κ3) is 2.45. The Hall–Kier alpha value is -1.10. The molecule has 1 N–H and O–H groups in total. The van der Waals surface area contributed by atoms with Crippen molar-refractivity contribution in [2.24, 2.45) is 0 Å². The van der Waals surface area contributed by atoms with Crippen LogP contribution in [0.2, 0.25) is 0 Å². The number of hydrogen-bond donors (Lipinski definition) is 1. The van der Waals surface area contributed by atoms with Crippen LogP contribution in [0.15, 0.2) is 0 Å². The SMILES string of the molecule is CCN1CCN[C@@H](CC(=O)OC)C1=O. The number of carbonyl (C=O) groups is 2. The highest BCUT2D eigenvalue weighted by molar-refractivity contribution is 5.87. The number of amides is 1. The first kappa shape index (κ1) is 11.0. The van der Waals surface area contributed by atoms with Crippen LogP contribution in [0.5, 0.6) is 0 Å². The molecule has 1 saturated heterocycles. The topological polar surface area (TPSA) is 58.6 Å². The molecule has 1 aliphatic heterocycles. The predicted molar refractivity (Wildman–Crippen MR) is 50.7 cm³/mol. The van der Waals surface area contributed by atoms with Crippen molar-refractivity contribution in [1.29, 1.82) is 0 Å². The predicted octanol–water partition coefficient (Wildman–Crippen LogP) is -0.630. The second-order valence-corrected chi connectivity index (χ2v) is 3.20. The van der Waals surface area contributed by atoms with Gasteiger partial charge in [0.2, 0.25) is 5.91 Å². The Morgan fingerprint density at radius 2 is 2.43 bits per heavy atom. The molecule has 1 heterocycles. The first-order chi connectivity index (χ1) is 6.69. The lowest BCUT2D eigenvalue weighted by Gasteiger charge is -2.31. The van der Waals surface area contributed by atoms with Crippen LogP contribution >= 0.6 is 0 Å². The van der Waals surface area contributed by atoms with Crippen molar-refractivity contribution in [2.45, 2.75) is 19.4 Å². The molecule has 0 saturated carbocycles. The molecule has 5 heteroatoms. The average molecular weight is 200 g/mol. The molecular weight excluding hydrogens is 184 g/mol. The van der Waals surface area contributed by atoms with E-state index in [0.717, 1.165) is 6.54 Å². The van der Waals surface area contributed by atoms with Gasteiger partial charge in [-0.3, -0.25) is 9.59 Å². The average Bonchev–Trinajstić information content (AvgIpc) is 2.21. The van der Waals surface area contributed by atoms with E-state index < -0.39 is 6.04 Å². The summed E-state index contributed by atoms with van der Waals surface area (Å²) in [5.41, 5.74) is 0. The molecule has 0 aromatic heterocycles. The Bertz CT molecular complexity index is 230. The fourth-order valence-corrected chi connectivity index (χ4v) is 1.52. The van der Waals surface area contributed by atoms with Gasteiger partial charge in [-0.05, 0) is 6.92 Å². The van der Waals surface area contributed by atoms with E-state index in [9.17, 15) is 9.59 Å². The molecule has 0 aliphatic carbocycles. The van der Waals surface area contributed by atoms with Crippen molar-refractivity contribution in [3.8, 4) is 0 Å². The molecule has 14 heavy (non-hydrogen) atoms. The highest BCUT2D eigenvalue weighted by Crippen LogP contribution is 2.05. The second kappa shape index (κ2) is 4.95. The van der Waals surface area contributed by atoms with Gasteiger partial charge in [-0.2, -0.15) is 0 Å². The van der Waals surface area contributed by atoms with Crippen molar-refractivity contribution in [1.82, 2.24) is 10.2 Å². The number of rotatable bonds is 3. The highest BCUT2D eigenvalue weighted by Gasteiger charge is 2.29. The number of carbonyl (C=O) groups excluding carboxylic acids is 2. The van der Waals surface area contributed by atoms with Gasteiger partial charge < -0.3 is 15.0 Å². The van der Waals surface area contributed by atoms with Gasteiger partial charge in [-0.15, -0.1) is 0 Å². The third-order valence-electron chi connectivity index (χ3n) is 2.36. The van der Waals surface area contributed by atoms with E-state index in [0.29, 0.717) is 13.1 Å². The van der Waals surface area contributed by atoms with Crippen LogP contribution in [0.1, 0.15) is 13.3 Å². The first-order valence-corrected chi connectivity index (χ1v) is 4.78. The van der Waals surface area contributed by atoms with Crippen molar-refractivity contribution >= 4 is 11.9 Å².